The highest BCUT2D eigenvalue weighted by Gasteiger charge is 2.37. The fourth-order valence-electron chi connectivity index (χ4n) is 2.21. The van der Waals surface area contributed by atoms with E-state index in [2.05, 4.69) is 32.6 Å². The molecule has 1 heterocycles. The summed E-state index contributed by atoms with van der Waals surface area (Å²) < 4.78 is 5.38. The van der Waals surface area contributed by atoms with Gasteiger partial charge in [0.25, 0.3) is 0 Å². The first-order valence-corrected chi connectivity index (χ1v) is 6.27. The van der Waals surface area contributed by atoms with Crippen molar-refractivity contribution in [3.63, 3.8) is 0 Å². The van der Waals surface area contributed by atoms with Crippen molar-refractivity contribution < 1.29 is 9.53 Å². The maximum atomic E-state index is 11.3. The van der Waals surface area contributed by atoms with E-state index >= 15 is 0 Å². The van der Waals surface area contributed by atoms with Gasteiger partial charge >= 0.3 is 0 Å². The van der Waals surface area contributed by atoms with Crippen molar-refractivity contribution in [3.05, 3.63) is 0 Å². The van der Waals surface area contributed by atoms with Gasteiger partial charge in [0.15, 0.2) is 0 Å². The maximum absolute atomic E-state index is 11.3. The van der Waals surface area contributed by atoms with Crippen LogP contribution < -0.4 is 0 Å². The predicted molar refractivity (Wildman–Crippen MR) is 65.5 cm³/mol. The first-order valence-electron chi connectivity index (χ1n) is 6.27. The number of ether oxygens (including phenoxy) is 1. The molecule has 94 valence electrons. The third-order valence-corrected chi connectivity index (χ3v) is 3.23. The molecule has 1 aliphatic heterocycles. The van der Waals surface area contributed by atoms with Crippen LogP contribution in [0.3, 0.4) is 0 Å². The summed E-state index contributed by atoms with van der Waals surface area (Å²) in [6, 6.07) is 0.486. The molecule has 1 aliphatic rings. The summed E-state index contributed by atoms with van der Waals surface area (Å²) in [4.78, 5) is 13.7. The van der Waals surface area contributed by atoms with Gasteiger partial charge in [0.2, 0.25) is 0 Å². The third kappa shape index (κ3) is 3.56. The lowest BCUT2D eigenvalue weighted by Crippen LogP contribution is -2.44. The van der Waals surface area contributed by atoms with Gasteiger partial charge in [-0.3, -0.25) is 4.90 Å². The predicted octanol–water partition coefficient (Wildman–Crippen LogP) is 1.96. The minimum Gasteiger partial charge on any atom is -0.380 e. The zero-order valence-electron chi connectivity index (χ0n) is 11.0. The number of nitrogens with zero attached hydrogens (tertiary/aromatic N) is 1. The molecule has 3 heteroatoms. The van der Waals surface area contributed by atoms with E-state index in [1.165, 1.54) is 0 Å². The summed E-state index contributed by atoms with van der Waals surface area (Å²) in [6.07, 6.45) is 1.98. The van der Waals surface area contributed by atoms with Crippen LogP contribution in [0, 0.1) is 11.3 Å². The van der Waals surface area contributed by atoms with Crippen molar-refractivity contribution in [1.82, 2.24) is 4.90 Å². The van der Waals surface area contributed by atoms with Gasteiger partial charge in [-0.1, -0.05) is 13.8 Å². The summed E-state index contributed by atoms with van der Waals surface area (Å²) in [6.45, 7) is 12.0. The first kappa shape index (κ1) is 13.7. The number of rotatable bonds is 6. The molecule has 0 N–H and O–H groups in total. The fraction of sp³-hybridized carbons (Fsp3) is 0.923. The van der Waals surface area contributed by atoms with Crippen LogP contribution in [-0.4, -0.2) is 43.5 Å². The number of hydrogen-bond acceptors (Lipinski definition) is 3. The van der Waals surface area contributed by atoms with E-state index in [-0.39, 0.29) is 5.41 Å². The van der Waals surface area contributed by atoms with E-state index in [1.807, 2.05) is 0 Å². The lowest BCUT2D eigenvalue weighted by molar-refractivity contribution is -0.117. The molecule has 0 radical (unpaired) electrons. The van der Waals surface area contributed by atoms with E-state index in [4.69, 9.17) is 4.74 Å². The lowest BCUT2D eigenvalue weighted by atomic mass is 9.88. The van der Waals surface area contributed by atoms with E-state index in [0.29, 0.717) is 18.6 Å². The van der Waals surface area contributed by atoms with Gasteiger partial charge in [-0.2, -0.15) is 0 Å². The minimum absolute atomic E-state index is 0.251. The van der Waals surface area contributed by atoms with E-state index < -0.39 is 0 Å². The standard InChI is InChI=1S/C13H25NO2/c1-11(2)7-14(12(3)4)8-13(9-15)5-6-16-10-13/h9,11-12H,5-8,10H2,1-4H3. The fourth-order valence-corrected chi connectivity index (χ4v) is 2.21. The van der Waals surface area contributed by atoms with Crippen LogP contribution in [0.15, 0.2) is 0 Å². The Morgan fingerprint density at radius 3 is 2.44 bits per heavy atom. The van der Waals surface area contributed by atoms with Crippen molar-refractivity contribution in [3.8, 4) is 0 Å². The molecule has 1 saturated heterocycles. The monoisotopic (exact) mass is 227 g/mol. The molecule has 1 unspecified atom stereocenters. The normalized spacial score (nSPS) is 25.9. The lowest BCUT2D eigenvalue weighted by Gasteiger charge is -2.34. The Kier molecular flexibility index (Phi) is 4.93. The Hall–Kier alpha value is -0.410. The van der Waals surface area contributed by atoms with Gasteiger partial charge in [0.05, 0.1) is 12.0 Å². The quantitative estimate of drug-likeness (QED) is 0.650. The molecule has 0 aromatic heterocycles. The molecule has 0 aromatic carbocycles. The summed E-state index contributed by atoms with van der Waals surface area (Å²) in [5.41, 5.74) is -0.251. The van der Waals surface area contributed by atoms with Crippen molar-refractivity contribution in [2.75, 3.05) is 26.3 Å². The molecule has 16 heavy (non-hydrogen) atoms. The van der Waals surface area contributed by atoms with Gasteiger partial charge in [-0.15, -0.1) is 0 Å². The van der Waals surface area contributed by atoms with Crippen molar-refractivity contribution in [1.29, 1.82) is 0 Å². The molecule has 0 saturated carbocycles. The number of aldehydes is 1. The van der Waals surface area contributed by atoms with Crippen LogP contribution in [0.25, 0.3) is 0 Å². The SMILES string of the molecule is CC(C)CN(CC1(C=O)CCOC1)C(C)C. The van der Waals surface area contributed by atoms with E-state index in [9.17, 15) is 4.79 Å². The molecule has 1 atom stereocenters. The smallest absolute Gasteiger partial charge is 0.129 e. The second kappa shape index (κ2) is 5.78. The molecule has 1 rings (SSSR count). The molecular formula is C13H25NO2. The maximum Gasteiger partial charge on any atom is 0.129 e. The van der Waals surface area contributed by atoms with Gasteiger partial charge < -0.3 is 9.53 Å². The summed E-state index contributed by atoms with van der Waals surface area (Å²) >= 11 is 0. The Balaban J connectivity index is 2.62. The Morgan fingerprint density at radius 2 is 2.06 bits per heavy atom. The van der Waals surface area contributed by atoms with Crippen LogP contribution >= 0.6 is 0 Å². The Bertz CT molecular complexity index is 220. The average Bonchev–Trinajstić information content (AvgIpc) is 2.65. The summed E-state index contributed by atoms with van der Waals surface area (Å²) in [5.74, 6) is 0.633. The van der Waals surface area contributed by atoms with Gasteiger partial charge in [-0.05, 0) is 26.2 Å². The van der Waals surface area contributed by atoms with Crippen molar-refractivity contribution in [2.45, 2.75) is 40.2 Å². The van der Waals surface area contributed by atoms with Crippen molar-refractivity contribution in [2.24, 2.45) is 11.3 Å². The largest absolute Gasteiger partial charge is 0.380 e. The molecule has 0 spiro atoms. The highest BCUT2D eigenvalue weighted by molar-refractivity contribution is 5.60. The second-order valence-electron chi connectivity index (χ2n) is 5.70. The molecule has 1 fully saturated rings. The topological polar surface area (TPSA) is 29.5 Å². The second-order valence-corrected chi connectivity index (χ2v) is 5.70. The average molecular weight is 227 g/mol. The molecule has 3 nitrogen and oxygen atoms in total. The minimum atomic E-state index is -0.251. The zero-order chi connectivity index (χ0) is 12.2. The third-order valence-electron chi connectivity index (χ3n) is 3.23. The van der Waals surface area contributed by atoms with Gasteiger partial charge in [0, 0.05) is 25.7 Å². The van der Waals surface area contributed by atoms with Crippen LogP contribution in [0.2, 0.25) is 0 Å². The summed E-state index contributed by atoms with van der Waals surface area (Å²) in [5, 5.41) is 0. The molecule has 0 amide bonds. The zero-order valence-corrected chi connectivity index (χ0v) is 11.0. The summed E-state index contributed by atoms with van der Waals surface area (Å²) in [7, 11) is 0. The number of hydrogen-bond donors (Lipinski definition) is 0. The van der Waals surface area contributed by atoms with Crippen LogP contribution in [0.4, 0.5) is 0 Å². The van der Waals surface area contributed by atoms with Crippen LogP contribution in [0.5, 0.6) is 0 Å². The molecule has 0 aromatic rings. The van der Waals surface area contributed by atoms with Crippen molar-refractivity contribution >= 4 is 6.29 Å². The number of carbonyl (C=O) groups is 1. The van der Waals surface area contributed by atoms with Gasteiger partial charge in [0.1, 0.15) is 6.29 Å². The van der Waals surface area contributed by atoms with E-state index in [1.54, 1.807) is 0 Å². The first-order chi connectivity index (χ1) is 7.49. The van der Waals surface area contributed by atoms with Crippen LogP contribution in [0.1, 0.15) is 34.1 Å². The number of carbonyl (C=O) groups excluding carboxylic acids is 1. The molecular weight excluding hydrogens is 202 g/mol. The Morgan fingerprint density at radius 1 is 1.38 bits per heavy atom. The highest BCUT2D eigenvalue weighted by atomic mass is 16.5. The molecule has 0 bridgehead atoms. The van der Waals surface area contributed by atoms with Gasteiger partial charge in [-0.25, -0.2) is 0 Å². The highest BCUT2D eigenvalue weighted by Crippen LogP contribution is 2.28. The Labute approximate surface area is 99.1 Å². The molecule has 0 aliphatic carbocycles. The van der Waals surface area contributed by atoms with Crippen LogP contribution in [-0.2, 0) is 9.53 Å². The van der Waals surface area contributed by atoms with E-state index in [0.717, 1.165) is 32.4 Å².